The molecule has 0 radical (unpaired) electrons. The van der Waals surface area contributed by atoms with Crippen molar-refractivity contribution in [3.63, 3.8) is 0 Å². The Kier molecular flexibility index (Phi) is 9.47. The first kappa shape index (κ1) is 31.7. The summed E-state index contributed by atoms with van der Waals surface area (Å²) < 4.78 is 80.9. The van der Waals surface area contributed by atoms with Crippen LogP contribution in [0.15, 0.2) is 35.5 Å². The molecule has 0 atom stereocenters. The Labute approximate surface area is 237 Å². The largest absolute Gasteiger partial charge is 0.433 e. The maximum atomic E-state index is 13.5. The van der Waals surface area contributed by atoms with E-state index in [2.05, 4.69) is 25.1 Å². The van der Waals surface area contributed by atoms with E-state index in [-0.39, 0.29) is 35.0 Å². The zero-order valence-electron chi connectivity index (χ0n) is 22.6. The van der Waals surface area contributed by atoms with Crippen LogP contribution >= 0.6 is 12.4 Å². The number of hydrogen-bond acceptors (Lipinski definition) is 8. The van der Waals surface area contributed by atoms with Crippen molar-refractivity contribution in [2.24, 2.45) is 7.05 Å². The Balaban J connectivity index is 0.00000441. The molecule has 0 saturated carbocycles. The van der Waals surface area contributed by atoms with E-state index in [1.807, 2.05) is 0 Å². The van der Waals surface area contributed by atoms with E-state index in [0.717, 1.165) is 6.07 Å². The topological polar surface area (TPSA) is 97.1 Å². The zero-order chi connectivity index (χ0) is 28.6. The number of anilines is 1. The molecule has 1 aromatic carbocycles. The second kappa shape index (κ2) is 12.0. The minimum Gasteiger partial charge on any atom is -0.354 e. The molecular formula is C25H32ClF4N7O2S. The van der Waals surface area contributed by atoms with Gasteiger partial charge in [-0.05, 0) is 37.2 Å². The van der Waals surface area contributed by atoms with Crippen molar-refractivity contribution in [2.45, 2.75) is 43.9 Å². The Morgan fingerprint density at radius 2 is 1.57 bits per heavy atom. The monoisotopic (exact) mass is 605 g/mol. The summed E-state index contributed by atoms with van der Waals surface area (Å²) in [5.74, 6) is 0.137. The third-order valence-corrected chi connectivity index (χ3v) is 8.21. The van der Waals surface area contributed by atoms with Gasteiger partial charge in [-0.2, -0.15) is 13.2 Å². The molecule has 3 aromatic rings. The number of halogens is 5. The summed E-state index contributed by atoms with van der Waals surface area (Å²) >= 11 is 0. The van der Waals surface area contributed by atoms with Gasteiger partial charge in [0.1, 0.15) is 23.2 Å². The summed E-state index contributed by atoms with van der Waals surface area (Å²) in [5.41, 5.74) is -1.06. The maximum absolute atomic E-state index is 13.5. The van der Waals surface area contributed by atoms with Crippen LogP contribution in [0, 0.1) is 5.82 Å². The summed E-state index contributed by atoms with van der Waals surface area (Å²) in [4.78, 5) is 12.0. The first-order chi connectivity index (χ1) is 18.1. The number of rotatable bonds is 7. The second-order valence-electron chi connectivity index (χ2n) is 10.6. The quantitative estimate of drug-likeness (QED) is 0.371. The van der Waals surface area contributed by atoms with Crippen molar-refractivity contribution in [2.75, 3.05) is 43.4 Å². The molecule has 40 heavy (non-hydrogen) atoms. The molecule has 1 aliphatic rings. The van der Waals surface area contributed by atoms with E-state index in [0.29, 0.717) is 50.5 Å². The van der Waals surface area contributed by atoms with Gasteiger partial charge in [0, 0.05) is 50.3 Å². The lowest BCUT2D eigenvalue weighted by atomic mass is 9.95. The van der Waals surface area contributed by atoms with Gasteiger partial charge in [0.15, 0.2) is 5.82 Å². The van der Waals surface area contributed by atoms with Gasteiger partial charge in [-0.1, -0.05) is 20.8 Å². The molecular weight excluding hydrogens is 574 g/mol. The van der Waals surface area contributed by atoms with Crippen molar-refractivity contribution < 1.29 is 26.0 Å². The van der Waals surface area contributed by atoms with Crippen LogP contribution in [-0.4, -0.2) is 76.5 Å². The van der Waals surface area contributed by atoms with Crippen molar-refractivity contribution in [3.05, 3.63) is 47.7 Å². The standard InChI is InChI=1S/C25H31F4N7O2S.ClH/c1-24(2,3)22-30-19(25(27,28)29)16-20(31-22)36-13-11-35(12-14-36)10-5-15-39(37,38)23-33-32-21(34(23)4)17-6-8-18(26)9-7-17;/h6-9,16H,5,10-15H2,1-4H3;1H. The van der Waals surface area contributed by atoms with E-state index in [4.69, 9.17) is 0 Å². The van der Waals surface area contributed by atoms with E-state index in [9.17, 15) is 26.0 Å². The van der Waals surface area contributed by atoms with Gasteiger partial charge in [0.25, 0.3) is 0 Å². The summed E-state index contributed by atoms with van der Waals surface area (Å²) in [5, 5.41) is 7.68. The number of aromatic nitrogens is 5. The molecule has 0 unspecified atom stereocenters. The van der Waals surface area contributed by atoms with E-state index >= 15 is 0 Å². The molecule has 1 aliphatic heterocycles. The van der Waals surface area contributed by atoms with E-state index < -0.39 is 32.9 Å². The lowest BCUT2D eigenvalue weighted by Gasteiger charge is -2.36. The van der Waals surface area contributed by atoms with Gasteiger partial charge in [-0.3, -0.25) is 4.90 Å². The van der Waals surface area contributed by atoms with Crippen LogP contribution in [-0.2, 0) is 28.5 Å². The number of piperazine rings is 1. The predicted molar refractivity (Wildman–Crippen MR) is 145 cm³/mol. The highest BCUT2D eigenvalue weighted by Gasteiger charge is 2.36. The third kappa shape index (κ3) is 7.26. The van der Waals surface area contributed by atoms with Gasteiger partial charge in [-0.25, -0.2) is 22.8 Å². The van der Waals surface area contributed by atoms with Crippen LogP contribution in [0.4, 0.5) is 23.4 Å². The van der Waals surface area contributed by atoms with Gasteiger partial charge < -0.3 is 9.47 Å². The third-order valence-electron chi connectivity index (χ3n) is 6.47. The fourth-order valence-electron chi connectivity index (χ4n) is 4.28. The molecule has 1 fully saturated rings. The molecule has 9 nitrogen and oxygen atoms in total. The Bertz CT molecular complexity index is 1380. The van der Waals surface area contributed by atoms with Crippen LogP contribution in [0.3, 0.4) is 0 Å². The van der Waals surface area contributed by atoms with Gasteiger partial charge >= 0.3 is 6.18 Å². The number of hydrogen-bond donors (Lipinski definition) is 0. The fourth-order valence-corrected chi connectivity index (χ4v) is 5.64. The molecule has 0 amide bonds. The van der Waals surface area contributed by atoms with Crippen molar-refractivity contribution in [3.8, 4) is 11.4 Å². The van der Waals surface area contributed by atoms with E-state index in [1.54, 1.807) is 32.7 Å². The summed E-state index contributed by atoms with van der Waals surface area (Å²) in [7, 11) is -2.17. The minimum atomic E-state index is -4.58. The molecule has 1 saturated heterocycles. The Morgan fingerprint density at radius 3 is 2.15 bits per heavy atom. The highest BCUT2D eigenvalue weighted by Crippen LogP contribution is 2.32. The van der Waals surface area contributed by atoms with Crippen molar-refractivity contribution in [1.82, 2.24) is 29.6 Å². The summed E-state index contributed by atoms with van der Waals surface area (Å²) in [6.07, 6.45) is -4.23. The lowest BCUT2D eigenvalue weighted by molar-refractivity contribution is -0.141. The molecule has 0 bridgehead atoms. The van der Waals surface area contributed by atoms with Crippen LogP contribution in [0.1, 0.15) is 38.7 Å². The van der Waals surface area contributed by atoms with E-state index in [1.165, 1.54) is 28.8 Å². The average Bonchev–Trinajstić information content (AvgIpc) is 3.25. The Hall–Kier alpha value is -2.84. The van der Waals surface area contributed by atoms with Crippen molar-refractivity contribution >= 4 is 28.1 Å². The first-order valence-electron chi connectivity index (χ1n) is 12.5. The van der Waals surface area contributed by atoms with Crippen LogP contribution in [0.2, 0.25) is 0 Å². The van der Waals surface area contributed by atoms with Gasteiger partial charge in [0.2, 0.25) is 15.0 Å². The SMILES string of the molecule is Cl.Cn1c(-c2ccc(F)cc2)nnc1S(=O)(=O)CCCN1CCN(c2cc(C(F)(F)F)nc(C(C)(C)C)n2)CC1. The highest BCUT2D eigenvalue weighted by molar-refractivity contribution is 7.91. The maximum Gasteiger partial charge on any atom is 0.433 e. The number of benzene rings is 1. The molecule has 4 rings (SSSR count). The molecule has 3 heterocycles. The van der Waals surface area contributed by atoms with Gasteiger partial charge in [0.05, 0.1) is 5.75 Å². The van der Waals surface area contributed by atoms with Crippen LogP contribution < -0.4 is 4.90 Å². The predicted octanol–water partition coefficient (Wildman–Crippen LogP) is 4.14. The first-order valence-corrected chi connectivity index (χ1v) is 14.1. The van der Waals surface area contributed by atoms with Crippen LogP contribution in [0.5, 0.6) is 0 Å². The van der Waals surface area contributed by atoms with Crippen molar-refractivity contribution in [1.29, 1.82) is 0 Å². The van der Waals surface area contributed by atoms with Crippen LogP contribution in [0.25, 0.3) is 11.4 Å². The fraction of sp³-hybridized carbons (Fsp3) is 0.520. The smallest absolute Gasteiger partial charge is 0.354 e. The molecule has 0 N–H and O–H groups in total. The number of sulfone groups is 1. The minimum absolute atomic E-state index is 0. The normalized spacial score (nSPS) is 15.2. The second-order valence-corrected chi connectivity index (χ2v) is 12.6. The number of nitrogens with zero attached hydrogens (tertiary/aromatic N) is 7. The zero-order valence-corrected chi connectivity index (χ0v) is 24.2. The lowest BCUT2D eigenvalue weighted by Crippen LogP contribution is -2.47. The summed E-state index contributed by atoms with van der Waals surface area (Å²) in [6.45, 7) is 7.81. The van der Waals surface area contributed by atoms with Gasteiger partial charge in [-0.15, -0.1) is 22.6 Å². The summed E-state index contributed by atoms with van der Waals surface area (Å²) in [6, 6.07) is 6.52. The molecule has 2 aromatic heterocycles. The Morgan fingerprint density at radius 1 is 0.950 bits per heavy atom. The average molecular weight is 606 g/mol. The molecule has 0 spiro atoms. The molecule has 220 valence electrons. The molecule has 15 heteroatoms. The molecule has 0 aliphatic carbocycles. The highest BCUT2D eigenvalue weighted by atomic mass is 35.5. The number of alkyl halides is 3.